The van der Waals surface area contributed by atoms with Crippen LogP contribution in [0, 0.1) is 19.8 Å². The summed E-state index contributed by atoms with van der Waals surface area (Å²) in [6, 6.07) is 12.6. The summed E-state index contributed by atoms with van der Waals surface area (Å²) >= 11 is 0. The van der Waals surface area contributed by atoms with Crippen molar-refractivity contribution < 1.29 is 25.2 Å². The van der Waals surface area contributed by atoms with Crippen molar-refractivity contribution in [3.05, 3.63) is 59.7 Å². The molecular weight excluding hydrogens is 446 g/mol. The van der Waals surface area contributed by atoms with Crippen molar-refractivity contribution in [3.63, 3.8) is 0 Å². The van der Waals surface area contributed by atoms with Crippen LogP contribution in [0.15, 0.2) is 62.1 Å². The van der Waals surface area contributed by atoms with Gasteiger partial charge in [0.25, 0.3) is 20.1 Å². The van der Waals surface area contributed by atoms with Crippen molar-refractivity contribution in [3.8, 4) is 0 Å². The van der Waals surface area contributed by atoms with Crippen molar-refractivity contribution in [2.75, 3.05) is 18.1 Å². The maximum Gasteiger partial charge on any atom is 0.296 e. The Bertz CT molecular complexity index is 1210. The largest absolute Gasteiger partial charge is 0.296 e. The van der Waals surface area contributed by atoms with Gasteiger partial charge in [0.05, 0.1) is 26.1 Å². The van der Waals surface area contributed by atoms with E-state index < -0.39 is 29.9 Å². The van der Waals surface area contributed by atoms with Gasteiger partial charge in [0.2, 0.25) is 0 Å². The minimum Gasteiger partial charge on any atom is -0.266 e. The maximum atomic E-state index is 13.0. The highest BCUT2D eigenvalue weighted by atomic mass is 32.3. The van der Waals surface area contributed by atoms with E-state index in [0.29, 0.717) is 12.8 Å². The molecule has 2 aromatic rings. The average Bonchev–Trinajstić information content (AvgIpc) is 2.68. The van der Waals surface area contributed by atoms with Gasteiger partial charge in [-0.15, -0.1) is 3.77 Å². The van der Waals surface area contributed by atoms with Crippen molar-refractivity contribution in [2.45, 2.75) is 36.5 Å². The summed E-state index contributed by atoms with van der Waals surface area (Å²) in [6.07, 6.45) is 0.768. The van der Waals surface area contributed by atoms with Gasteiger partial charge in [-0.1, -0.05) is 35.4 Å². The number of sulfonamides is 1. The van der Waals surface area contributed by atoms with E-state index in [1.54, 1.807) is 24.3 Å². The van der Waals surface area contributed by atoms with E-state index in [2.05, 4.69) is 3.77 Å². The van der Waals surface area contributed by atoms with Crippen LogP contribution < -0.4 is 0 Å². The Balaban J connectivity index is 1.63. The zero-order valence-corrected chi connectivity index (χ0v) is 19.3. The lowest BCUT2D eigenvalue weighted by atomic mass is 10.1. The molecule has 0 amide bonds. The molecule has 0 bridgehead atoms. The summed E-state index contributed by atoms with van der Waals surface area (Å²) in [5, 5.41) is 0. The normalized spacial score (nSPS) is 22.5. The van der Waals surface area contributed by atoms with Crippen LogP contribution in [0.5, 0.6) is 0 Å². The molecule has 1 aliphatic rings. The summed E-state index contributed by atoms with van der Waals surface area (Å²) in [7, 11) is -10.8. The summed E-state index contributed by atoms with van der Waals surface area (Å²) in [4.78, 5) is 0.109. The third-order valence-electron chi connectivity index (χ3n) is 5.01. The number of rotatable bonds is 6. The predicted octanol–water partition coefficient (Wildman–Crippen LogP) is 3.28. The zero-order chi connectivity index (χ0) is 22.0. The topological polar surface area (TPSA) is 107 Å². The molecule has 1 fully saturated rings. The molecule has 0 aromatic heterocycles. The molecule has 0 unspecified atom stereocenters. The molecule has 0 saturated carbocycles. The van der Waals surface area contributed by atoms with Crippen molar-refractivity contribution in [1.29, 1.82) is 0 Å². The van der Waals surface area contributed by atoms with Gasteiger partial charge in [0.15, 0.2) is 0 Å². The van der Waals surface area contributed by atoms with Gasteiger partial charge in [-0.2, -0.15) is 16.8 Å². The van der Waals surface area contributed by atoms with E-state index in [1.165, 1.54) is 24.3 Å². The second kappa shape index (κ2) is 8.78. The van der Waals surface area contributed by atoms with Gasteiger partial charge in [-0.05, 0) is 56.9 Å². The summed E-state index contributed by atoms with van der Waals surface area (Å²) in [6.45, 7) is 3.67. The first-order chi connectivity index (χ1) is 14.0. The number of nitrogens with zero attached hydrogens (tertiary/aromatic N) is 1. The van der Waals surface area contributed by atoms with Crippen LogP contribution in [-0.4, -0.2) is 39.2 Å². The van der Waals surface area contributed by atoms with Gasteiger partial charge in [-0.25, -0.2) is 4.21 Å². The minimum absolute atomic E-state index is 0.0190. The monoisotopic (exact) mass is 471 g/mol. The van der Waals surface area contributed by atoms with Crippen LogP contribution in [0.4, 0.5) is 0 Å². The van der Waals surface area contributed by atoms with E-state index in [-0.39, 0.29) is 33.8 Å². The Hall–Kier alpha value is -1.75. The second-order valence-corrected chi connectivity index (χ2v) is 13.5. The quantitative estimate of drug-likeness (QED) is 0.599. The van der Waals surface area contributed by atoms with E-state index >= 15 is 0 Å². The highest BCUT2D eigenvalue weighted by molar-refractivity contribution is 8.03. The smallest absolute Gasteiger partial charge is 0.266 e. The SMILES string of the molecule is Cc1ccc(S(=O)(=O)N=S2(=O)CCC(COS(=O)(=O)c3ccc(C)cc3)CC2)cc1. The molecule has 7 nitrogen and oxygen atoms in total. The Labute approximate surface area is 178 Å². The molecule has 0 atom stereocenters. The van der Waals surface area contributed by atoms with E-state index in [4.69, 9.17) is 4.18 Å². The lowest BCUT2D eigenvalue weighted by Crippen LogP contribution is -2.27. The number of hydrogen-bond donors (Lipinski definition) is 0. The minimum atomic E-state index is -4.01. The molecule has 2 aromatic carbocycles. The molecule has 1 heterocycles. The number of benzene rings is 2. The Kier molecular flexibility index (Phi) is 6.71. The fourth-order valence-electron chi connectivity index (χ4n) is 3.08. The fraction of sp³-hybridized carbons (Fsp3) is 0.400. The van der Waals surface area contributed by atoms with Gasteiger partial charge < -0.3 is 0 Å². The maximum absolute atomic E-state index is 13.0. The standard InChI is InChI=1S/C20H25NO6S3/c1-16-3-7-19(8-4-16)29(23,24)21-28(22)13-11-18(12-14-28)15-27-30(25,26)20-9-5-17(2)6-10-20/h3-10,18H,11-15H2,1-2H3. The summed E-state index contributed by atoms with van der Waals surface area (Å²) in [5.41, 5.74) is 1.86. The lowest BCUT2D eigenvalue weighted by molar-refractivity contribution is 0.244. The first-order valence-corrected chi connectivity index (χ1v) is 14.2. The molecule has 10 heteroatoms. The second-order valence-electron chi connectivity index (χ2n) is 7.54. The van der Waals surface area contributed by atoms with E-state index in [0.717, 1.165) is 11.1 Å². The Morgan fingerprint density at radius 3 is 1.83 bits per heavy atom. The number of hydrogen-bond acceptors (Lipinski definition) is 6. The van der Waals surface area contributed by atoms with Crippen LogP contribution in [-0.2, 0) is 34.1 Å². The van der Waals surface area contributed by atoms with Crippen LogP contribution in [0.1, 0.15) is 24.0 Å². The summed E-state index contributed by atoms with van der Waals surface area (Å²) in [5.74, 6) is 0.0602. The van der Waals surface area contributed by atoms with E-state index in [1.807, 2.05) is 13.8 Å². The molecule has 0 aliphatic carbocycles. The molecule has 0 spiro atoms. The zero-order valence-electron chi connectivity index (χ0n) is 16.9. The van der Waals surface area contributed by atoms with Crippen LogP contribution in [0.25, 0.3) is 0 Å². The molecule has 1 saturated heterocycles. The predicted molar refractivity (Wildman–Crippen MR) is 116 cm³/mol. The first kappa shape index (κ1) is 22.9. The van der Waals surface area contributed by atoms with Crippen molar-refractivity contribution in [1.82, 2.24) is 0 Å². The highest BCUT2D eigenvalue weighted by Crippen LogP contribution is 2.25. The average molecular weight is 472 g/mol. The molecule has 164 valence electrons. The van der Waals surface area contributed by atoms with Crippen LogP contribution >= 0.6 is 0 Å². The molecule has 30 heavy (non-hydrogen) atoms. The molecule has 0 radical (unpaired) electrons. The van der Waals surface area contributed by atoms with E-state index in [9.17, 15) is 21.0 Å². The van der Waals surface area contributed by atoms with Gasteiger partial charge in [0.1, 0.15) is 0 Å². The van der Waals surface area contributed by atoms with Gasteiger partial charge >= 0.3 is 0 Å². The molecule has 3 rings (SSSR count). The molecular formula is C20H25NO6S3. The summed E-state index contributed by atoms with van der Waals surface area (Å²) < 4.78 is 71.5. The van der Waals surface area contributed by atoms with Gasteiger partial charge in [0, 0.05) is 11.5 Å². The van der Waals surface area contributed by atoms with Gasteiger partial charge in [-0.3, -0.25) is 4.18 Å². The van der Waals surface area contributed by atoms with Crippen molar-refractivity contribution in [2.24, 2.45) is 9.69 Å². The van der Waals surface area contributed by atoms with Crippen LogP contribution in [0.3, 0.4) is 0 Å². The Morgan fingerprint density at radius 1 is 0.867 bits per heavy atom. The molecule has 0 N–H and O–H groups in total. The van der Waals surface area contributed by atoms with Crippen LogP contribution in [0.2, 0.25) is 0 Å². The number of aryl methyl sites for hydroxylation is 2. The Morgan fingerprint density at radius 2 is 1.33 bits per heavy atom. The lowest BCUT2D eigenvalue weighted by Gasteiger charge is -2.24. The first-order valence-electron chi connectivity index (χ1n) is 9.51. The third kappa shape index (κ3) is 5.69. The van der Waals surface area contributed by atoms with Crippen molar-refractivity contribution >= 4 is 29.9 Å². The molecule has 1 aliphatic heterocycles. The highest BCUT2D eigenvalue weighted by Gasteiger charge is 2.27. The third-order valence-corrected chi connectivity index (χ3v) is 10.8. The fourth-order valence-corrected chi connectivity index (χ4v) is 8.52.